The maximum atomic E-state index is 6.36. The van der Waals surface area contributed by atoms with E-state index >= 15 is 0 Å². The standard InChI is InChI=1S/C40H24N4O/c1-2-7-25(8-3-1)27-13-16-28(17-14-27)38-42-39(31-18-15-26-9-4-5-10-29(26)21-31)44-40(43-38)33-11-6-12-35-37(33)34-22-30-19-20-41-24-32(30)23-36(34)45-35/h1-24H. The summed E-state index contributed by atoms with van der Waals surface area (Å²) in [5.74, 6) is 1.83. The number of hydrogen-bond acceptors (Lipinski definition) is 5. The van der Waals surface area contributed by atoms with Crippen LogP contribution in [0.2, 0.25) is 0 Å². The van der Waals surface area contributed by atoms with Crippen LogP contribution in [0.1, 0.15) is 0 Å². The van der Waals surface area contributed by atoms with Crippen LogP contribution >= 0.6 is 0 Å². The third-order valence-electron chi connectivity index (χ3n) is 8.39. The molecule has 0 fully saturated rings. The summed E-state index contributed by atoms with van der Waals surface area (Å²) in [4.78, 5) is 19.5. The number of furan rings is 1. The van der Waals surface area contributed by atoms with Crippen molar-refractivity contribution in [3.8, 4) is 45.3 Å². The molecule has 3 heterocycles. The first-order valence-corrected chi connectivity index (χ1v) is 14.9. The molecule has 9 aromatic rings. The molecule has 0 atom stereocenters. The maximum absolute atomic E-state index is 6.36. The second-order valence-electron chi connectivity index (χ2n) is 11.2. The molecule has 0 bridgehead atoms. The lowest BCUT2D eigenvalue weighted by atomic mass is 10.0. The molecule has 0 aliphatic rings. The van der Waals surface area contributed by atoms with Crippen LogP contribution in [0.3, 0.4) is 0 Å². The number of fused-ring (bicyclic) bond motifs is 5. The average molecular weight is 577 g/mol. The number of pyridine rings is 1. The van der Waals surface area contributed by atoms with E-state index < -0.39 is 0 Å². The van der Waals surface area contributed by atoms with Gasteiger partial charge in [0.1, 0.15) is 11.2 Å². The molecule has 0 spiro atoms. The minimum atomic E-state index is 0.596. The molecule has 0 aliphatic heterocycles. The van der Waals surface area contributed by atoms with Crippen molar-refractivity contribution in [1.82, 2.24) is 19.9 Å². The van der Waals surface area contributed by atoms with Crippen molar-refractivity contribution in [2.24, 2.45) is 0 Å². The first-order chi connectivity index (χ1) is 22.3. The Morgan fingerprint density at radius 1 is 0.422 bits per heavy atom. The van der Waals surface area contributed by atoms with E-state index in [0.29, 0.717) is 17.5 Å². The van der Waals surface area contributed by atoms with Crippen LogP contribution in [0, 0.1) is 0 Å². The van der Waals surface area contributed by atoms with Crippen molar-refractivity contribution < 1.29 is 4.42 Å². The second-order valence-corrected chi connectivity index (χ2v) is 11.2. The van der Waals surface area contributed by atoms with Crippen molar-refractivity contribution in [2.45, 2.75) is 0 Å². The number of benzene rings is 6. The van der Waals surface area contributed by atoms with Gasteiger partial charge in [0.05, 0.1) is 0 Å². The fraction of sp³-hybridized carbons (Fsp3) is 0. The molecular weight excluding hydrogens is 552 g/mol. The first-order valence-electron chi connectivity index (χ1n) is 14.9. The van der Waals surface area contributed by atoms with Crippen LogP contribution in [0.25, 0.3) is 88.8 Å². The summed E-state index contributed by atoms with van der Waals surface area (Å²) in [7, 11) is 0. The molecule has 5 nitrogen and oxygen atoms in total. The number of nitrogens with zero attached hydrogens (tertiary/aromatic N) is 4. The van der Waals surface area contributed by atoms with Gasteiger partial charge in [-0.2, -0.15) is 0 Å². The second kappa shape index (κ2) is 10.2. The Balaban J connectivity index is 1.26. The van der Waals surface area contributed by atoms with E-state index in [0.717, 1.165) is 60.4 Å². The van der Waals surface area contributed by atoms with Gasteiger partial charge in [-0.25, -0.2) is 15.0 Å². The number of rotatable bonds is 4. The SMILES string of the molecule is c1ccc(-c2ccc(-c3nc(-c4ccc5ccccc5c4)nc(-c4cccc5oc6cc7cnccc7cc6c45)n3)cc2)cc1. The highest BCUT2D eigenvalue weighted by Gasteiger charge is 2.18. The first kappa shape index (κ1) is 25.3. The van der Waals surface area contributed by atoms with Gasteiger partial charge in [-0.15, -0.1) is 0 Å². The average Bonchev–Trinajstić information content (AvgIpc) is 3.48. The summed E-state index contributed by atoms with van der Waals surface area (Å²) in [5.41, 5.74) is 6.64. The van der Waals surface area contributed by atoms with E-state index in [1.165, 1.54) is 10.9 Å². The maximum Gasteiger partial charge on any atom is 0.164 e. The molecule has 9 rings (SSSR count). The molecule has 6 aromatic carbocycles. The van der Waals surface area contributed by atoms with E-state index in [2.05, 4.69) is 114 Å². The van der Waals surface area contributed by atoms with Crippen molar-refractivity contribution in [3.05, 3.63) is 146 Å². The van der Waals surface area contributed by atoms with Crippen molar-refractivity contribution >= 4 is 43.5 Å². The third-order valence-corrected chi connectivity index (χ3v) is 8.39. The van der Waals surface area contributed by atoms with Crippen LogP contribution in [0.5, 0.6) is 0 Å². The van der Waals surface area contributed by atoms with Crippen LogP contribution in [-0.2, 0) is 0 Å². The molecular formula is C40H24N4O. The molecule has 0 saturated carbocycles. The summed E-state index contributed by atoms with van der Waals surface area (Å²) in [5, 5.41) is 6.43. The molecule has 0 amide bonds. The van der Waals surface area contributed by atoms with Crippen LogP contribution in [0.4, 0.5) is 0 Å². The molecule has 5 heteroatoms. The smallest absolute Gasteiger partial charge is 0.164 e. The van der Waals surface area contributed by atoms with E-state index in [9.17, 15) is 0 Å². The van der Waals surface area contributed by atoms with Crippen molar-refractivity contribution in [1.29, 1.82) is 0 Å². The predicted molar refractivity (Wildman–Crippen MR) is 182 cm³/mol. The summed E-state index contributed by atoms with van der Waals surface area (Å²) in [6, 6.07) is 45.7. The molecule has 0 saturated heterocycles. The van der Waals surface area contributed by atoms with Gasteiger partial charge < -0.3 is 4.42 Å². The molecule has 0 aliphatic carbocycles. The lowest BCUT2D eigenvalue weighted by molar-refractivity contribution is 0.669. The van der Waals surface area contributed by atoms with E-state index in [1.807, 2.05) is 36.7 Å². The highest BCUT2D eigenvalue weighted by atomic mass is 16.3. The topological polar surface area (TPSA) is 64.7 Å². The Hall–Kier alpha value is -6.20. The van der Waals surface area contributed by atoms with Gasteiger partial charge in [0.2, 0.25) is 0 Å². The van der Waals surface area contributed by atoms with E-state index in [-0.39, 0.29) is 0 Å². The van der Waals surface area contributed by atoms with Crippen molar-refractivity contribution in [3.63, 3.8) is 0 Å². The zero-order chi connectivity index (χ0) is 29.7. The van der Waals surface area contributed by atoms with Gasteiger partial charge in [-0.1, -0.05) is 103 Å². The van der Waals surface area contributed by atoms with Gasteiger partial charge in [-0.3, -0.25) is 4.98 Å². The van der Waals surface area contributed by atoms with Gasteiger partial charge in [0.25, 0.3) is 0 Å². The quantitative estimate of drug-likeness (QED) is 0.209. The van der Waals surface area contributed by atoms with E-state index in [1.54, 1.807) is 0 Å². The Morgan fingerprint density at radius 3 is 1.98 bits per heavy atom. The predicted octanol–water partition coefficient (Wildman–Crippen LogP) is 10.1. The van der Waals surface area contributed by atoms with Crippen LogP contribution in [0.15, 0.2) is 150 Å². The Kier molecular flexibility index (Phi) is 5.74. The zero-order valence-corrected chi connectivity index (χ0v) is 24.1. The monoisotopic (exact) mass is 576 g/mol. The molecule has 45 heavy (non-hydrogen) atoms. The Bertz CT molecular complexity index is 2540. The lowest BCUT2D eigenvalue weighted by Gasteiger charge is -2.10. The minimum Gasteiger partial charge on any atom is -0.456 e. The minimum absolute atomic E-state index is 0.596. The normalized spacial score (nSPS) is 11.6. The number of aromatic nitrogens is 4. The van der Waals surface area contributed by atoms with E-state index in [4.69, 9.17) is 19.4 Å². The summed E-state index contributed by atoms with van der Waals surface area (Å²) in [6.07, 6.45) is 3.68. The molecule has 3 aromatic heterocycles. The fourth-order valence-electron chi connectivity index (χ4n) is 6.12. The fourth-order valence-corrected chi connectivity index (χ4v) is 6.12. The summed E-state index contributed by atoms with van der Waals surface area (Å²) in [6.45, 7) is 0. The summed E-state index contributed by atoms with van der Waals surface area (Å²) < 4.78 is 6.36. The van der Waals surface area contributed by atoms with Crippen LogP contribution < -0.4 is 0 Å². The highest BCUT2D eigenvalue weighted by Crippen LogP contribution is 2.38. The lowest BCUT2D eigenvalue weighted by Crippen LogP contribution is -2.00. The third kappa shape index (κ3) is 4.41. The van der Waals surface area contributed by atoms with Gasteiger partial charge in [0.15, 0.2) is 17.5 Å². The Morgan fingerprint density at radius 2 is 1.11 bits per heavy atom. The number of hydrogen-bond donors (Lipinski definition) is 0. The zero-order valence-electron chi connectivity index (χ0n) is 24.1. The molecule has 0 N–H and O–H groups in total. The highest BCUT2D eigenvalue weighted by molar-refractivity contribution is 6.15. The van der Waals surface area contributed by atoms with Crippen molar-refractivity contribution in [2.75, 3.05) is 0 Å². The molecule has 0 radical (unpaired) electrons. The largest absolute Gasteiger partial charge is 0.456 e. The Labute approximate surface area is 258 Å². The van der Waals surface area contributed by atoms with Gasteiger partial charge in [-0.05, 0) is 57.6 Å². The molecule has 0 unspecified atom stereocenters. The van der Waals surface area contributed by atoms with Gasteiger partial charge in [0, 0.05) is 45.2 Å². The van der Waals surface area contributed by atoms with Gasteiger partial charge >= 0.3 is 0 Å². The molecule has 210 valence electrons. The van der Waals surface area contributed by atoms with Crippen LogP contribution in [-0.4, -0.2) is 19.9 Å². The summed E-state index contributed by atoms with van der Waals surface area (Å²) >= 11 is 0.